The number of unbranched alkanes of at least 4 members (excludes halogenated alkanes) is 10. The van der Waals surface area contributed by atoms with Crippen molar-refractivity contribution in [1.82, 2.24) is 0 Å². The standard InChI is InChI=1S/C46H70O8/c1-7-11-15-19-27-49-31-37(53-43(47)21-17-13-9-3)33-51-45-39-25-23-36(6)30-42(39)46(40-26-24-35(5)29-41(40)45)52-34-38(32-50-28-20-16-12-8-2)54-44(48)22-18-14-10-4/h23-26,29-30,37-38H,7-22,27-28,31-34H2,1-6H3. The predicted molar refractivity (Wildman–Crippen MR) is 220 cm³/mol. The first-order valence-corrected chi connectivity index (χ1v) is 21.1. The second-order valence-electron chi connectivity index (χ2n) is 14.8. The Hall–Kier alpha value is -3.36. The molecular formula is C46H70O8. The summed E-state index contributed by atoms with van der Waals surface area (Å²) in [4.78, 5) is 25.7. The van der Waals surface area contributed by atoms with Gasteiger partial charge in [0.1, 0.15) is 24.7 Å². The van der Waals surface area contributed by atoms with Crippen LogP contribution in [-0.2, 0) is 28.5 Å². The van der Waals surface area contributed by atoms with E-state index >= 15 is 0 Å². The summed E-state index contributed by atoms with van der Waals surface area (Å²) in [6, 6.07) is 12.5. The summed E-state index contributed by atoms with van der Waals surface area (Å²) in [5.41, 5.74) is 2.16. The third-order valence-electron chi connectivity index (χ3n) is 9.61. The van der Waals surface area contributed by atoms with E-state index in [-0.39, 0.29) is 38.4 Å². The zero-order valence-electron chi connectivity index (χ0n) is 34.4. The van der Waals surface area contributed by atoms with E-state index in [1.807, 2.05) is 0 Å². The van der Waals surface area contributed by atoms with E-state index < -0.39 is 12.2 Å². The van der Waals surface area contributed by atoms with Gasteiger partial charge in [0, 0.05) is 47.6 Å². The van der Waals surface area contributed by atoms with Gasteiger partial charge in [0.15, 0.2) is 12.2 Å². The fourth-order valence-corrected chi connectivity index (χ4v) is 6.49. The minimum absolute atomic E-state index is 0.159. The lowest BCUT2D eigenvalue weighted by Gasteiger charge is -2.23. The van der Waals surface area contributed by atoms with E-state index in [4.69, 9.17) is 28.4 Å². The molecule has 0 aliphatic heterocycles. The minimum atomic E-state index is -0.545. The zero-order valence-corrected chi connectivity index (χ0v) is 34.4. The second kappa shape index (κ2) is 26.4. The van der Waals surface area contributed by atoms with Crippen molar-refractivity contribution in [2.75, 3.05) is 39.6 Å². The van der Waals surface area contributed by atoms with Gasteiger partial charge >= 0.3 is 11.9 Å². The van der Waals surface area contributed by atoms with Crippen molar-refractivity contribution in [3.8, 4) is 11.5 Å². The van der Waals surface area contributed by atoms with E-state index in [0.29, 0.717) is 37.6 Å². The highest BCUT2D eigenvalue weighted by atomic mass is 16.6. The lowest BCUT2D eigenvalue weighted by molar-refractivity contribution is -0.155. The molecule has 302 valence electrons. The summed E-state index contributed by atoms with van der Waals surface area (Å²) < 4.78 is 37.3. The molecule has 0 aliphatic carbocycles. The fourth-order valence-electron chi connectivity index (χ4n) is 6.49. The maximum Gasteiger partial charge on any atom is 0.306 e. The summed E-state index contributed by atoms with van der Waals surface area (Å²) in [6.45, 7) is 14.9. The van der Waals surface area contributed by atoms with Crippen LogP contribution in [0.4, 0.5) is 0 Å². The van der Waals surface area contributed by atoms with Gasteiger partial charge in [-0.15, -0.1) is 0 Å². The van der Waals surface area contributed by atoms with Crippen molar-refractivity contribution >= 4 is 33.5 Å². The second-order valence-corrected chi connectivity index (χ2v) is 14.8. The zero-order chi connectivity index (χ0) is 39.0. The van der Waals surface area contributed by atoms with Crippen LogP contribution in [0.5, 0.6) is 11.5 Å². The number of hydrogen-bond donors (Lipinski definition) is 0. The van der Waals surface area contributed by atoms with Crippen molar-refractivity contribution in [1.29, 1.82) is 0 Å². The molecule has 3 rings (SSSR count). The summed E-state index contributed by atoms with van der Waals surface area (Å²) in [5, 5.41) is 3.58. The minimum Gasteiger partial charge on any atom is -0.488 e. The largest absolute Gasteiger partial charge is 0.488 e. The Bertz CT molecular complexity index is 1400. The molecule has 0 spiro atoms. The normalized spacial score (nSPS) is 12.6. The van der Waals surface area contributed by atoms with Crippen LogP contribution in [0.2, 0.25) is 0 Å². The van der Waals surface area contributed by atoms with Crippen LogP contribution >= 0.6 is 0 Å². The van der Waals surface area contributed by atoms with Crippen LogP contribution in [0.25, 0.3) is 21.5 Å². The molecule has 54 heavy (non-hydrogen) atoms. The maximum absolute atomic E-state index is 12.9. The third kappa shape index (κ3) is 16.2. The van der Waals surface area contributed by atoms with Crippen LogP contribution in [-0.4, -0.2) is 63.8 Å². The number of benzene rings is 3. The highest BCUT2D eigenvalue weighted by Crippen LogP contribution is 2.43. The van der Waals surface area contributed by atoms with Crippen LogP contribution in [0.3, 0.4) is 0 Å². The first kappa shape index (κ1) is 45.0. The molecule has 0 aliphatic rings. The molecule has 0 bridgehead atoms. The highest BCUT2D eigenvalue weighted by Gasteiger charge is 2.23. The highest BCUT2D eigenvalue weighted by molar-refractivity contribution is 6.11. The molecule has 3 aromatic rings. The van der Waals surface area contributed by atoms with Gasteiger partial charge in [0.2, 0.25) is 0 Å². The van der Waals surface area contributed by atoms with Crippen molar-refractivity contribution in [2.24, 2.45) is 0 Å². The Morgan fingerprint density at radius 3 is 1.26 bits per heavy atom. The van der Waals surface area contributed by atoms with Crippen LogP contribution < -0.4 is 9.47 Å². The molecule has 8 heteroatoms. The van der Waals surface area contributed by atoms with Gasteiger partial charge in [-0.25, -0.2) is 0 Å². The molecule has 0 N–H and O–H groups in total. The third-order valence-corrected chi connectivity index (χ3v) is 9.61. The summed E-state index contributed by atoms with van der Waals surface area (Å²) >= 11 is 0. The van der Waals surface area contributed by atoms with Gasteiger partial charge in [-0.2, -0.15) is 0 Å². The van der Waals surface area contributed by atoms with Gasteiger partial charge in [-0.1, -0.05) is 127 Å². The molecule has 0 fully saturated rings. The number of hydrogen-bond acceptors (Lipinski definition) is 8. The SMILES string of the molecule is CCCCCCOCC(COc1c2ccc(C)cc2c(OCC(COCCCCCC)OC(=O)CCCCC)c2ccc(C)cc12)OC(=O)CCCCC. The Morgan fingerprint density at radius 2 is 0.870 bits per heavy atom. The monoisotopic (exact) mass is 751 g/mol. The molecule has 0 saturated carbocycles. The van der Waals surface area contributed by atoms with Gasteiger partial charge in [-0.3, -0.25) is 9.59 Å². The summed E-state index contributed by atoms with van der Waals surface area (Å²) in [5.74, 6) is 0.977. The first-order chi connectivity index (χ1) is 26.3. The molecule has 0 amide bonds. The number of aryl methyl sites for hydroxylation is 2. The Labute approximate surface area is 325 Å². The Morgan fingerprint density at radius 1 is 0.481 bits per heavy atom. The molecule has 8 nitrogen and oxygen atoms in total. The molecule has 0 saturated heterocycles. The van der Waals surface area contributed by atoms with Gasteiger partial charge < -0.3 is 28.4 Å². The molecule has 0 aromatic heterocycles. The average molecular weight is 751 g/mol. The topological polar surface area (TPSA) is 89.5 Å². The van der Waals surface area contributed by atoms with Gasteiger partial charge in [-0.05, 0) is 51.7 Å². The van der Waals surface area contributed by atoms with Crippen LogP contribution in [0, 0.1) is 13.8 Å². The van der Waals surface area contributed by atoms with E-state index in [2.05, 4.69) is 77.9 Å². The van der Waals surface area contributed by atoms with Crippen LogP contribution in [0.15, 0.2) is 36.4 Å². The predicted octanol–water partition coefficient (Wildman–Crippen LogP) is 11.5. The van der Waals surface area contributed by atoms with E-state index in [9.17, 15) is 9.59 Å². The number of carbonyl (C=O) groups excluding carboxylic acids is 2. The summed E-state index contributed by atoms with van der Waals surface area (Å²) in [7, 11) is 0. The van der Waals surface area contributed by atoms with E-state index in [1.54, 1.807) is 0 Å². The van der Waals surface area contributed by atoms with Crippen molar-refractivity contribution < 1.29 is 38.0 Å². The fraction of sp³-hybridized carbons (Fsp3) is 0.652. The molecule has 3 aromatic carbocycles. The Kier molecular flexibility index (Phi) is 22.1. The molecule has 0 heterocycles. The lowest BCUT2D eigenvalue weighted by atomic mass is 9.97. The van der Waals surface area contributed by atoms with E-state index in [0.717, 1.165) is 110 Å². The average Bonchev–Trinajstić information content (AvgIpc) is 3.15. The number of carbonyl (C=O) groups is 2. The number of fused-ring (bicyclic) bond motifs is 2. The number of esters is 2. The van der Waals surface area contributed by atoms with Crippen molar-refractivity contribution in [3.05, 3.63) is 47.5 Å². The first-order valence-electron chi connectivity index (χ1n) is 21.1. The maximum atomic E-state index is 12.9. The smallest absolute Gasteiger partial charge is 0.306 e. The number of ether oxygens (including phenoxy) is 6. The van der Waals surface area contributed by atoms with Crippen molar-refractivity contribution in [2.45, 2.75) is 156 Å². The summed E-state index contributed by atoms with van der Waals surface area (Å²) in [6.07, 6.45) is 14.2. The molecule has 2 atom stereocenters. The molecular weight excluding hydrogens is 680 g/mol. The number of rotatable bonds is 30. The quantitative estimate of drug-likeness (QED) is 0.0378. The van der Waals surface area contributed by atoms with E-state index in [1.165, 1.54) is 12.8 Å². The van der Waals surface area contributed by atoms with Crippen LogP contribution in [0.1, 0.15) is 142 Å². The molecule has 2 unspecified atom stereocenters. The van der Waals surface area contributed by atoms with Crippen molar-refractivity contribution in [3.63, 3.8) is 0 Å². The van der Waals surface area contributed by atoms with Gasteiger partial charge in [0.05, 0.1) is 13.2 Å². The molecule has 0 radical (unpaired) electrons. The Balaban J connectivity index is 1.90. The van der Waals surface area contributed by atoms with Gasteiger partial charge in [0.25, 0.3) is 0 Å². The lowest BCUT2D eigenvalue weighted by Crippen LogP contribution is -2.30.